The third kappa shape index (κ3) is 20.9. The van der Waals surface area contributed by atoms with Gasteiger partial charge in [0.25, 0.3) is 17.0 Å². The van der Waals surface area contributed by atoms with E-state index in [1.807, 2.05) is 103 Å². The number of ether oxygens (including phenoxy) is 3. The van der Waals surface area contributed by atoms with Gasteiger partial charge in [-0.1, -0.05) is 6.92 Å². The monoisotopic (exact) mass is 1800 g/mol. The normalized spacial score (nSPS) is 16.6. The van der Waals surface area contributed by atoms with Crippen LogP contribution in [0, 0.1) is 34.6 Å². The summed E-state index contributed by atoms with van der Waals surface area (Å²) in [4.78, 5) is 94.7. The largest absolute Gasteiger partial charge is 0.496 e. The van der Waals surface area contributed by atoms with E-state index < -0.39 is 31.4 Å². The van der Waals surface area contributed by atoms with Gasteiger partial charge in [-0.2, -0.15) is 26.3 Å². The number of hydrogen-bond donors (Lipinski definition) is 5. The van der Waals surface area contributed by atoms with Gasteiger partial charge in [-0.15, -0.1) is 12.4 Å². The molecule has 1 amide bonds. The van der Waals surface area contributed by atoms with Gasteiger partial charge in [-0.3, -0.25) is 53.8 Å². The summed E-state index contributed by atoms with van der Waals surface area (Å²) in [5.74, 6) is -0.610. The molecule has 3 aliphatic carbocycles. The molecule has 11 aromatic rings. The lowest BCUT2D eigenvalue weighted by Crippen LogP contribution is -2.49. The van der Waals surface area contributed by atoms with Crippen LogP contribution in [0.15, 0.2) is 114 Å². The standard InChI is InChI=1S/C34H39F3N6O3.C29H38N4O2.C26H29F3N4O2.C8H12N2O2.ClH/c1-20-16-30(46-4)27(33(45)40-20)18-39-32(44)26-17-29-25(23-8-10-38-28-7-5-6-24(23)28)9-11-43(29)31(21(26)2)22(3)42-14-12-41(13-15-42)19-34(35,36)37;1-6-31-14-16-32(17-15-31)21(5)28-20(4)25(29(34)35-19(2)3)18-27-24(11-13-33(27)28)22-10-12-30-26-9-7-8-23(22)26;1-16-21(25(34)35)14-23-20(18-6-8-30-22-5-3-4-19(18)22)7-9-33(23)24(16)17(2)32-12-10-31(11-13-32)15-26(27,28)29;1-5-3-7(12-2)6(4-9)8(11)10-5;/h8-11,16-17,22H,5-7,12-15,18-19H2,1-4H3,(H,39,44)(H,40,45);10-13,18-19,21H,6-9,14-17H2,1-5H3;6-9,14,17H,3-5,10-13,15H2,1-2H3,(H,34,35);3H,4,9H2,1-2H3,(H,10,11);1H. The molecule has 6 aliphatic rings. The maximum Gasteiger partial charge on any atom is 0.401 e. The molecule has 3 aliphatic heterocycles. The van der Waals surface area contributed by atoms with Crippen LogP contribution in [0.25, 0.3) is 49.9 Å². The molecule has 0 bridgehead atoms. The Hall–Kier alpha value is -10.8. The number of carbonyl (C=O) groups is 3. The molecule has 0 aromatic carbocycles. The predicted octanol–water partition coefficient (Wildman–Crippen LogP) is 15.3. The Labute approximate surface area is 753 Å². The molecule has 129 heavy (non-hydrogen) atoms. The fourth-order valence-corrected chi connectivity index (χ4v) is 19.9. The number of aromatic carboxylic acids is 1. The number of piperazine rings is 3. The van der Waals surface area contributed by atoms with Crippen molar-refractivity contribution in [3.05, 3.63) is 231 Å². The molecule has 11 aromatic heterocycles. The third-order valence-corrected chi connectivity index (χ3v) is 26.5. The highest BCUT2D eigenvalue weighted by Gasteiger charge is 2.38. The maximum absolute atomic E-state index is 13.9. The molecule has 25 nitrogen and oxygen atoms in total. The quantitative estimate of drug-likeness (QED) is 0.0330. The van der Waals surface area contributed by atoms with E-state index in [9.17, 15) is 55.4 Å². The van der Waals surface area contributed by atoms with E-state index in [0.29, 0.717) is 97.4 Å². The number of aromatic nitrogens is 8. The number of fused-ring (bicyclic) bond motifs is 6. The highest BCUT2D eigenvalue weighted by molar-refractivity contribution is 6.00. The number of nitrogens with two attached hydrogens (primary N) is 1. The van der Waals surface area contributed by atoms with E-state index in [1.165, 1.54) is 63.2 Å². The van der Waals surface area contributed by atoms with Crippen LogP contribution in [0.2, 0.25) is 0 Å². The van der Waals surface area contributed by atoms with Crippen LogP contribution in [0.4, 0.5) is 26.3 Å². The first-order valence-electron chi connectivity index (χ1n) is 44.5. The Kier molecular flexibility index (Phi) is 30.2. The highest BCUT2D eigenvalue weighted by atomic mass is 35.5. The number of methoxy groups -OCH3 is 2. The molecule has 3 atom stereocenters. The number of rotatable bonds is 21. The Bertz CT molecular complexity index is 6050. The van der Waals surface area contributed by atoms with E-state index >= 15 is 0 Å². The number of aromatic amines is 2. The smallest absolute Gasteiger partial charge is 0.401 e. The number of halogens is 7. The van der Waals surface area contributed by atoms with Crippen molar-refractivity contribution < 1.29 is 60.0 Å². The van der Waals surface area contributed by atoms with Crippen molar-refractivity contribution in [2.75, 3.05) is 112 Å². The van der Waals surface area contributed by atoms with Gasteiger partial charge in [-0.05, 0) is 250 Å². The molecule has 3 fully saturated rings. The van der Waals surface area contributed by atoms with Gasteiger partial charge in [0.2, 0.25) is 0 Å². The van der Waals surface area contributed by atoms with E-state index in [2.05, 4.69) is 108 Å². The van der Waals surface area contributed by atoms with Crippen LogP contribution in [-0.4, -0.2) is 221 Å². The number of carboxylic acid groups (broad SMARTS) is 1. The zero-order valence-electron chi connectivity index (χ0n) is 75.8. The summed E-state index contributed by atoms with van der Waals surface area (Å²) in [6, 6.07) is 21.5. The lowest BCUT2D eigenvalue weighted by molar-refractivity contribution is -0.150. The van der Waals surface area contributed by atoms with E-state index in [0.717, 1.165) is 169 Å². The Morgan fingerprint density at radius 3 is 1.19 bits per heavy atom. The lowest BCUT2D eigenvalue weighted by Gasteiger charge is -2.39. The Morgan fingerprint density at radius 2 is 0.837 bits per heavy atom. The number of H-pyrrole nitrogens is 2. The van der Waals surface area contributed by atoms with Crippen LogP contribution in [-0.2, 0) is 56.4 Å². The first-order valence-corrected chi connectivity index (χ1v) is 44.5. The van der Waals surface area contributed by atoms with Crippen molar-refractivity contribution in [3.8, 4) is 44.9 Å². The number of pyridine rings is 8. The van der Waals surface area contributed by atoms with Gasteiger partial charge >= 0.3 is 24.3 Å². The molecular formula is C97H119ClF6N16O9. The summed E-state index contributed by atoms with van der Waals surface area (Å²) >= 11 is 0. The molecule has 0 saturated carbocycles. The summed E-state index contributed by atoms with van der Waals surface area (Å²) < 4.78 is 100. The number of alkyl halides is 6. The van der Waals surface area contributed by atoms with Crippen molar-refractivity contribution in [1.29, 1.82) is 0 Å². The lowest BCUT2D eigenvalue weighted by atomic mass is 9.97. The van der Waals surface area contributed by atoms with Crippen LogP contribution in [0.5, 0.6) is 11.5 Å². The number of hydrogen-bond acceptors (Lipinski definition) is 18. The number of nitrogens with zero attached hydrogens (tertiary/aromatic N) is 12. The first-order chi connectivity index (χ1) is 61.2. The number of likely N-dealkylation sites (N-methyl/N-ethyl adjacent to an activating group) is 1. The van der Waals surface area contributed by atoms with Crippen LogP contribution < -0.4 is 31.6 Å². The summed E-state index contributed by atoms with van der Waals surface area (Å²) in [7, 11) is 3.01. The molecule has 17 rings (SSSR count). The Balaban J connectivity index is 0.000000156. The topological polar surface area (TPSA) is 274 Å². The highest BCUT2D eigenvalue weighted by Crippen LogP contribution is 2.43. The molecular weight excluding hydrogens is 1680 g/mol. The first kappa shape index (κ1) is 95.8. The van der Waals surface area contributed by atoms with E-state index in [-0.39, 0.29) is 78.3 Å². The molecule has 6 N–H and O–H groups in total. The van der Waals surface area contributed by atoms with Gasteiger partial charge in [0.15, 0.2) is 0 Å². The van der Waals surface area contributed by atoms with Crippen molar-refractivity contribution in [2.45, 2.75) is 184 Å². The number of aryl methyl sites for hydroxylation is 5. The van der Waals surface area contributed by atoms with Gasteiger partial charge in [0.1, 0.15) is 11.5 Å². The summed E-state index contributed by atoms with van der Waals surface area (Å²) in [5, 5.41) is 12.9. The average molecular weight is 1800 g/mol. The number of amides is 1. The van der Waals surface area contributed by atoms with Crippen molar-refractivity contribution in [1.82, 2.24) is 72.8 Å². The molecule has 3 saturated heterocycles. The van der Waals surface area contributed by atoms with Crippen molar-refractivity contribution in [3.63, 3.8) is 0 Å². The average Bonchev–Trinajstić information content (AvgIpc) is 1.62. The van der Waals surface area contributed by atoms with Crippen molar-refractivity contribution in [2.24, 2.45) is 5.73 Å². The minimum absolute atomic E-state index is 0. The second-order valence-electron chi connectivity index (χ2n) is 34.7. The molecule has 32 heteroatoms. The van der Waals surface area contributed by atoms with Crippen molar-refractivity contribution >= 4 is 46.8 Å². The van der Waals surface area contributed by atoms with Gasteiger partial charge in [0, 0.05) is 208 Å². The zero-order chi connectivity index (χ0) is 91.5. The second kappa shape index (κ2) is 40.7. The second-order valence-corrected chi connectivity index (χ2v) is 34.7. The van der Waals surface area contributed by atoms with E-state index in [4.69, 9.17) is 19.9 Å². The zero-order valence-corrected chi connectivity index (χ0v) is 76.7. The summed E-state index contributed by atoms with van der Waals surface area (Å²) in [5.41, 5.74) is 30.5. The minimum atomic E-state index is -4.24. The molecule has 0 radical (unpaired) electrons. The molecule has 690 valence electrons. The van der Waals surface area contributed by atoms with Gasteiger partial charge in [0.05, 0.1) is 78.8 Å². The third-order valence-electron chi connectivity index (χ3n) is 26.5. The number of carbonyl (C=O) groups excluding carboxylic acids is 2. The SMILES string of the molecule is CCN1CCN(C(C)c2c(C)c(C(=O)OC(C)C)cc3c(-c4ccnc5c4CCC5)ccn23)CC1.COc1cc(C)[nH]c(=O)c1CN.COc1cc(C)[nH]c(=O)c1CNC(=O)c1cc2c(-c3ccnc4c3CCC4)ccn2c(C(C)N2CCN(CC(F)(F)F)CC2)c1C.Cc1c(C(=O)O)cc2c(-c3ccnc4c3CCC4)ccn2c1C(C)N1CCN(CC(F)(F)F)CC1.Cl. The van der Waals surface area contributed by atoms with Gasteiger partial charge in [-0.25, -0.2) is 9.59 Å². The fraction of sp³-hybridized carbons (Fsp3) is 0.464. The molecule has 14 heterocycles. The summed E-state index contributed by atoms with van der Waals surface area (Å²) in [6.45, 7) is 28.6. The number of esters is 1. The molecule has 3 unspecified atom stereocenters. The molecule has 0 spiro atoms. The Morgan fingerprint density at radius 1 is 0.488 bits per heavy atom. The van der Waals surface area contributed by atoms with Crippen LogP contribution in [0.3, 0.4) is 0 Å². The van der Waals surface area contributed by atoms with Crippen LogP contribution in [0.1, 0.15) is 200 Å². The number of nitrogens with one attached hydrogen (secondary N) is 3. The van der Waals surface area contributed by atoms with Crippen LogP contribution >= 0.6 is 12.4 Å². The minimum Gasteiger partial charge on any atom is -0.496 e. The van der Waals surface area contributed by atoms with E-state index in [1.54, 1.807) is 32.0 Å². The predicted molar refractivity (Wildman–Crippen MR) is 490 cm³/mol. The fourth-order valence-electron chi connectivity index (χ4n) is 19.9. The van der Waals surface area contributed by atoms with Gasteiger partial charge < -0.3 is 58.4 Å². The maximum atomic E-state index is 13.9. The number of carboxylic acids is 1. The summed E-state index contributed by atoms with van der Waals surface area (Å²) in [6.07, 6.45) is 12.3.